The number of carbonyl (C=O) groups excluding carboxylic acids is 1. The molecule has 0 bridgehead atoms. The highest BCUT2D eigenvalue weighted by Crippen LogP contribution is 2.28. The third-order valence-electron chi connectivity index (χ3n) is 3.21. The van der Waals surface area contributed by atoms with Crippen molar-refractivity contribution in [3.05, 3.63) is 17.7 Å². The van der Waals surface area contributed by atoms with Gasteiger partial charge >= 0.3 is 0 Å². The second-order valence-electron chi connectivity index (χ2n) is 4.49. The van der Waals surface area contributed by atoms with Gasteiger partial charge in [-0.1, -0.05) is 0 Å². The lowest BCUT2D eigenvalue weighted by Crippen LogP contribution is -2.31. The summed E-state index contributed by atoms with van der Waals surface area (Å²) in [6.07, 6.45) is 3.98. The molecule has 0 spiro atoms. The largest absolute Gasteiger partial charge is 0.350 e. The molecule has 1 aromatic rings. The van der Waals surface area contributed by atoms with Crippen LogP contribution in [0.1, 0.15) is 24.4 Å². The van der Waals surface area contributed by atoms with E-state index < -0.39 is 0 Å². The predicted molar refractivity (Wildman–Crippen MR) is 58.5 cm³/mol. The number of fused-ring (bicyclic) bond motifs is 1. The van der Waals surface area contributed by atoms with Crippen LogP contribution in [0.4, 0.5) is 0 Å². The molecule has 0 unspecified atom stereocenters. The standard InChI is InChI=1S/C11H16N4O/c16-11(8-1-2-8)14-6-9-5-13-10-7-12-3-4-15(9)10/h5,8,12H,1-4,6-7H2,(H,14,16). The van der Waals surface area contributed by atoms with E-state index in [4.69, 9.17) is 0 Å². The second-order valence-corrected chi connectivity index (χ2v) is 4.49. The maximum absolute atomic E-state index is 11.5. The highest BCUT2D eigenvalue weighted by atomic mass is 16.2. The van der Waals surface area contributed by atoms with Crippen LogP contribution in [0.2, 0.25) is 0 Å². The maximum Gasteiger partial charge on any atom is 0.223 e. The quantitative estimate of drug-likeness (QED) is 0.754. The molecule has 1 saturated carbocycles. The first kappa shape index (κ1) is 9.84. The van der Waals surface area contributed by atoms with Crippen LogP contribution >= 0.6 is 0 Å². The fourth-order valence-corrected chi connectivity index (χ4v) is 2.07. The zero-order valence-electron chi connectivity index (χ0n) is 9.20. The lowest BCUT2D eigenvalue weighted by Gasteiger charge is -2.17. The number of aromatic nitrogens is 2. The third kappa shape index (κ3) is 1.82. The van der Waals surface area contributed by atoms with Crippen molar-refractivity contribution in [2.45, 2.75) is 32.5 Å². The Labute approximate surface area is 94.2 Å². The van der Waals surface area contributed by atoms with Crippen molar-refractivity contribution in [2.24, 2.45) is 5.92 Å². The summed E-state index contributed by atoms with van der Waals surface area (Å²) in [6.45, 7) is 3.37. The van der Waals surface area contributed by atoms with Crippen LogP contribution in [0.25, 0.3) is 0 Å². The van der Waals surface area contributed by atoms with Crippen molar-refractivity contribution in [2.75, 3.05) is 6.54 Å². The maximum atomic E-state index is 11.5. The molecule has 0 radical (unpaired) electrons. The summed E-state index contributed by atoms with van der Waals surface area (Å²) >= 11 is 0. The summed E-state index contributed by atoms with van der Waals surface area (Å²) in [7, 11) is 0. The summed E-state index contributed by atoms with van der Waals surface area (Å²) in [5, 5.41) is 6.25. The molecule has 2 heterocycles. The first-order chi connectivity index (χ1) is 7.84. The fraction of sp³-hybridized carbons (Fsp3) is 0.636. The van der Waals surface area contributed by atoms with Crippen LogP contribution in [-0.2, 0) is 24.4 Å². The molecule has 0 aromatic carbocycles. The van der Waals surface area contributed by atoms with Crippen LogP contribution in [0, 0.1) is 5.92 Å². The van der Waals surface area contributed by atoms with Gasteiger partial charge in [-0.2, -0.15) is 0 Å². The Bertz CT molecular complexity index is 408. The Morgan fingerprint density at radius 2 is 2.50 bits per heavy atom. The first-order valence-corrected chi connectivity index (χ1v) is 5.86. The van der Waals surface area contributed by atoms with Crippen molar-refractivity contribution in [1.29, 1.82) is 0 Å². The van der Waals surface area contributed by atoms with Gasteiger partial charge in [0, 0.05) is 19.0 Å². The molecule has 16 heavy (non-hydrogen) atoms. The summed E-state index contributed by atoms with van der Waals surface area (Å²) < 4.78 is 2.20. The Balaban J connectivity index is 1.65. The minimum atomic E-state index is 0.199. The van der Waals surface area contributed by atoms with Crippen molar-refractivity contribution in [3.63, 3.8) is 0 Å². The predicted octanol–water partition coefficient (Wildman–Crippen LogP) is 0.0125. The number of imidazole rings is 1. The lowest BCUT2D eigenvalue weighted by molar-refractivity contribution is -0.122. The molecule has 5 heteroatoms. The van der Waals surface area contributed by atoms with Crippen LogP contribution in [-0.4, -0.2) is 22.0 Å². The normalized spacial score (nSPS) is 19.2. The molecule has 86 valence electrons. The van der Waals surface area contributed by atoms with Gasteiger partial charge in [-0.25, -0.2) is 4.98 Å². The highest BCUT2D eigenvalue weighted by Gasteiger charge is 2.29. The molecule has 1 amide bonds. The summed E-state index contributed by atoms with van der Waals surface area (Å²) in [6, 6.07) is 0. The molecule has 2 aliphatic rings. The molecule has 1 aliphatic heterocycles. The first-order valence-electron chi connectivity index (χ1n) is 5.86. The Kier molecular flexibility index (Phi) is 2.40. The third-order valence-corrected chi connectivity index (χ3v) is 3.21. The van der Waals surface area contributed by atoms with E-state index in [1.165, 1.54) is 0 Å². The van der Waals surface area contributed by atoms with Crippen molar-refractivity contribution >= 4 is 5.91 Å². The van der Waals surface area contributed by atoms with Crippen LogP contribution < -0.4 is 10.6 Å². The van der Waals surface area contributed by atoms with Crippen LogP contribution in [0.15, 0.2) is 6.20 Å². The Morgan fingerprint density at radius 3 is 3.31 bits per heavy atom. The number of nitrogens with one attached hydrogen (secondary N) is 2. The molecular formula is C11H16N4O. The summed E-state index contributed by atoms with van der Waals surface area (Å²) in [4.78, 5) is 15.9. The van der Waals surface area contributed by atoms with E-state index in [-0.39, 0.29) is 11.8 Å². The molecule has 2 N–H and O–H groups in total. The zero-order valence-corrected chi connectivity index (χ0v) is 9.20. The van der Waals surface area contributed by atoms with Gasteiger partial charge in [-0.15, -0.1) is 0 Å². The lowest BCUT2D eigenvalue weighted by atomic mass is 10.3. The van der Waals surface area contributed by atoms with E-state index in [0.717, 1.165) is 44.0 Å². The molecule has 1 aromatic heterocycles. The number of nitrogens with zero attached hydrogens (tertiary/aromatic N) is 2. The van der Waals surface area contributed by atoms with Gasteiger partial charge < -0.3 is 15.2 Å². The molecule has 3 rings (SSSR count). The van der Waals surface area contributed by atoms with Gasteiger partial charge in [0.1, 0.15) is 5.82 Å². The smallest absolute Gasteiger partial charge is 0.223 e. The molecule has 1 fully saturated rings. The topological polar surface area (TPSA) is 59.0 Å². The number of amides is 1. The van der Waals surface area contributed by atoms with Crippen LogP contribution in [0.5, 0.6) is 0 Å². The van der Waals surface area contributed by atoms with Crippen molar-refractivity contribution in [1.82, 2.24) is 20.2 Å². The molecule has 0 atom stereocenters. The Morgan fingerprint density at radius 1 is 1.62 bits per heavy atom. The van der Waals surface area contributed by atoms with E-state index in [2.05, 4.69) is 20.2 Å². The number of hydrogen-bond acceptors (Lipinski definition) is 3. The van der Waals surface area contributed by atoms with Crippen LogP contribution in [0.3, 0.4) is 0 Å². The minimum Gasteiger partial charge on any atom is -0.350 e. The van der Waals surface area contributed by atoms with Crippen molar-refractivity contribution < 1.29 is 4.79 Å². The summed E-state index contributed by atoms with van der Waals surface area (Å²) in [5.74, 6) is 1.55. The highest BCUT2D eigenvalue weighted by molar-refractivity contribution is 5.80. The van der Waals surface area contributed by atoms with Gasteiger partial charge in [-0.05, 0) is 12.8 Å². The van der Waals surface area contributed by atoms with Crippen molar-refractivity contribution in [3.8, 4) is 0 Å². The van der Waals surface area contributed by atoms with Gasteiger partial charge in [-0.3, -0.25) is 4.79 Å². The number of hydrogen-bond donors (Lipinski definition) is 2. The molecule has 1 aliphatic carbocycles. The zero-order chi connectivity index (χ0) is 11.0. The monoisotopic (exact) mass is 220 g/mol. The van der Waals surface area contributed by atoms with E-state index in [1.54, 1.807) is 0 Å². The average Bonchev–Trinajstić information content (AvgIpc) is 3.08. The second kappa shape index (κ2) is 3.90. The van der Waals surface area contributed by atoms with Gasteiger partial charge in [0.05, 0.1) is 25.0 Å². The van der Waals surface area contributed by atoms with E-state index >= 15 is 0 Å². The van der Waals surface area contributed by atoms with E-state index in [9.17, 15) is 4.79 Å². The van der Waals surface area contributed by atoms with E-state index in [0.29, 0.717) is 6.54 Å². The van der Waals surface area contributed by atoms with Gasteiger partial charge in [0.25, 0.3) is 0 Å². The van der Waals surface area contributed by atoms with Gasteiger partial charge in [0.15, 0.2) is 0 Å². The average molecular weight is 220 g/mol. The SMILES string of the molecule is O=C(NCc1cnc2n1CCNC2)C1CC1. The molecular weight excluding hydrogens is 204 g/mol. The number of rotatable bonds is 3. The van der Waals surface area contributed by atoms with Gasteiger partial charge in [0.2, 0.25) is 5.91 Å². The minimum absolute atomic E-state index is 0.199. The number of carbonyl (C=O) groups is 1. The molecule has 5 nitrogen and oxygen atoms in total. The van der Waals surface area contributed by atoms with E-state index in [1.807, 2.05) is 6.20 Å². The fourth-order valence-electron chi connectivity index (χ4n) is 2.07. The molecule has 0 saturated heterocycles. The summed E-state index contributed by atoms with van der Waals surface area (Å²) in [5.41, 5.74) is 1.12. The Hall–Kier alpha value is -1.36.